The van der Waals surface area contributed by atoms with Crippen molar-refractivity contribution in [2.75, 3.05) is 34.0 Å². The number of ether oxygens (including phenoxy) is 4. The summed E-state index contributed by atoms with van der Waals surface area (Å²) in [5.74, 6) is 1.52. The third-order valence-electron chi connectivity index (χ3n) is 4.37. The van der Waals surface area contributed by atoms with Crippen molar-refractivity contribution in [1.82, 2.24) is 10.6 Å². The van der Waals surface area contributed by atoms with Crippen molar-refractivity contribution < 1.29 is 28.5 Å². The van der Waals surface area contributed by atoms with Gasteiger partial charge in [-0.15, -0.1) is 0 Å². The lowest BCUT2D eigenvalue weighted by atomic mass is 10.2. The Bertz CT molecular complexity index is 900. The van der Waals surface area contributed by atoms with E-state index in [1.165, 1.54) is 0 Å². The van der Waals surface area contributed by atoms with Gasteiger partial charge in [-0.1, -0.05) is 12.1 Å². The Hall–Kier alpha value is -3.42. The number of methoxy groups -OCH3 is 2. The summed E-state index contributed by atoms with van der Waals surface area (Å²) in [5.41, 5.74) is 2.06. The van der Waals surface area contributed by atoms with Crippen molar-refractivity contribution in [1.29, 1.82) is 0 Å². The van der Waals surface area contributed by atoms with Crippen LogP contribution in [0.3, 0.4) is 0 Å². The van der Waals surface area contributed by atoms with Crippen molar-refractivity contribution in [3.8, 4) is 23.0 Å². The molecule has 1 unspecified atom stereocenters. The number of nitrogens with one attached hydrogen (secondary N) is 2. The van der Waals surface area contributed by atoms with Gasteiger partial charge in [-0.05, 0) is 56.2 Å². The van der Waals surface area contributed by atoms with E-state index in [1.807, 2.05) is 38.1 Å². The van der Waals surface area contributed by atoms with Crippen molar-refractivity contribution in [2.24, 2.45) is 0 Å². The van der Waals surface area contributed by atoms with Gasteiger partial charge in [0.1, 0.15) is 0 Å². The zero-order valence-corrected chi connectivity index (χ0v) is 18.6. The normalized spacial score (nSPS) is 11.3. The first-order valence-electron chi connectivity index (χ1n) is 9.93. The highest BCUT2D eigenvalue weighted by Crippen LogP contribution is 2.28. The zero-order chi connectivity index (χ0) is 22.8. The lowest BCUT2D eigenvalue weighted by molar-refractivity contribution is -0.125. The Balaban J connectivity index is 1.71. The molecule has 8 nitrogen and oxygen atoms in total. The third-order valence-corrected chi connectivity index (χ3v) is 4.37. The summed E-state index contributed by atoms with van der Waals surface area (Å²) in [5, 5.41) is 5.50. The van der Waals surface area contributed by atoms with Gasteiger partial charge in [0.15, 0.2) is 36.2 Å². The van der Waals surface area contributed by atoms with E-state index in [0.717, 1.165) is 11.1 Å². The van der Waals surface area contributed by atoms with Gasteiger partial charge in [-0.3, -0.25) is 9.59 Å². The molecule has 0 saturated carbocycles. The van der Waals surface area contributed by atoms with Crippen LogP contribution >= 0.6 is 0 Å². The highest BCUT2D eigenvalue weighted by molar-refractivity contribution is 5.79. The molecular weight excluding hydrogens is 400 g/mol. The number of carbonyl (C=O) groups excluding carboxylic acids is 2. The summed E-state index contributed by atoms with van der Waals surface area (Å²) < 4.78 is 21.6. The minimum Gasteiger partial charge on any atom is -0.493 e. The molecule has 0 bridgehead atoms. The Kier molecular flexibility index (Phi) is 8.99. The molecule has 0 saturated heterocycles. The van der Waals surface area contributed by atoms with Crippen LogP contribution in [-0.2, 0) is 9.59 Å². The number of carbonyl (C=O) groups is 2. The fourth-order valence-electron chi connectivity index (χ4n) is 2.76. The van der Waals surface area contributed by atoms with Crippen LogP contribution in [0.15, 0.2) is 36.4 Å². The number of hydrogen-bond acceptors (Lipinski definition) is 6. The van der Waals surface area contributed by atoms with E-state index >= 15 is 0 Å². The van der Waals surface area contributed by atoms with E-state index < -0.39 is 0 Å². The topological polar surface area (TPSA) is 95.1 Å². The molecule has 2 amide bonds. The van der Waals surface area contributed by atoms with Crippen LogP contribution in [0.1, 0.15) is 18.1 Å². The second-order valence-corrected chi connectivity index (χ2v) is 7.16. The fraction of sp³-hybridized carbons (Fsp3) is 0.391. The van der Waals surface area contributed by atoms with Crippen LogP contribution in [0, 0.1) is 13.8 Å². The van der Waals surface area contributed by atoms with Crippen LogP contribution in [-0.4, -0.2) is 51.8 Å². The number of amides is 2. The van der Waals surface area contributed by atoms with Gasteiger partial charge in [0.05, 0.1) is 14.2 Å². The molecule has 0 heterocycles. The molecule has 0 fully saturated rings. The number of hydrogen-bond donors (Lipinski definition) is 2. The maximum Gasteiger partial charge on any atom is 0.258 e. The lowest BCUT2D eigenvalue weighted by Crippen LogP contribution is -2.44. The molecule has 0 radical (unpaired) electrons. The zero-order valence-electron chi connectivity index (χ0n) is 18.6. The van der Waals surface area contributed by atoms with E-state index in [-0.39, 0.29) is 37.6 Å². The molecule has 2 aromatic carbocycles. The van der Waals surface area contributed by atoms with Gasteiger partial charge < -0.3 is 29.6 Å². The molecule has 0 aliphatic carbocycles. The molecule has 31 heavy (non-hydrogen) atoms. The van der Waals surface area contributed by atoms with Gasteiger partial charge in [0, 0.05) is 12.6 Å². The predicted molar refractivity (Wildman–Crippen MR) is 117 cm³/mol. The fourth-order valence-corrected chi connectivity index (χ4v) is 2.76. The van der Waals surface area contributed by atoms with Crippen LogP contribution in [0.5, 0.6) is 23.0 Å². The standard InChI is InChI=1S/C23H30N2O6/c1-15-6-8-18(20(10-15)28-4)30-13-22(26)24-12-17(3)25-23(27)14-31-19-9-7-16(2)11-21(19)29-5/h6-11,17H,12-14H2,1-5H3,(H,24,26)(H,25,27). The van der Waals surface area contributed by atoms with Crippen LogP contribution in [0.2, 0.25) is 0 Å². The summed E-state index contributed by atoms with van der Waals surface area (Å²) in [6, 6.07) is 10.7. The first kappa shape index (κ1) is 23.9. The molecule has 2 N–H and O–H groups in total. The average Bonchev–Trinajstić information content (AvgIpc) is 2.75. The molecule has 8 heteroatoms. The Labute approximate surface area is 182 Å². The number of aryl methyl sites for hydroxylation is 2. The number of benzene rings is 2. The average molecular weight is 431 g/mol. The highest BCUT2D eigenvalue weighted by atomic mass is 16.5. The van der Waals surface area contributed by atoms with E-state index in [2.05, 4.69) is 10.6 Å². The van der Waals surface area contributed by atoms with Crippen molar-refractivity contribution in [3.05, 3.63) is 47.5 Å². The van der Waals surface area contributed by atoms with Gasteiger partial charge >= 0.3 is 0 Å². The summed E-state index contributed by atoms with van der Waals surface area (Å²) in [6.45, 7) is 5.61. The van der Waals surface area contributed by atoms with Crippen molar-refractivity contribution in [2.45, 2.75) is 26.8 Å². The summed E-state index contributed by atoms with van der Waals surface area (Å²) in [6.07, 6.45) is 0. The molecule has 0 aromatic heterocycles. The van der Waals surface area contributed by atoms with Gasteiger partial charge in [-0.25, -0.2) is 0 Å². The summed E-state index contributed by atoms with van der Waals surface area (Å²) in [7, 11) is 3.09. The maximum absolute atomic E-state index is 12.1. The minimum absolute atomic E-state index is 0.156. The highest BCUT2D eigenvalue weighted by Gasteiger charge is 2.12. The summed E-state index contributed by atoms with van der Waals surface area (Å²) in [4.78, 5) is 24.2. The Morgan fingerprint density at radius 2 is 1.29 bits per heavy atom. The molecule has 0 aliphatic rings. The second kappa shape index (κ2) is 11.7. The molecule has 168 valence electrons. The largest absolute Gasteiger partial charge is 0.493 e. The van der Waals surface area contributed by atoms with Gasteiger partial charge in [0.2, 0.25) is 0 Å². The van der Waals surface area contributed by atoms with E-state index in [1.54, 1.807) is 33.3 Å². The smallest absolute Gasteiger partial charge is 0.258 e. The first-order chi connectivity index (χ1) is 14.8. The molecule has 0 spiro atoms. The van der Waals surface area contributed by atoms with Crippen molar-refractivity contribution in [3.63, 3.8) is 0 Å². The van der Waals surface area contributed by atoms with Gasteiger partial charge in [-0.2, -0.15) is 0 Å². The summed E-state index contributed by atoms with van der Waals surface area (Å²) >= 11 is 0. The van der Waals surface area contributed by atoms with Crippen LogP contribution in [0.4, 0.5) is 0 Å². The van der Waals surface area contributed by atoms with E-state index in [0.29, 0.717) is 23.0 Å². The second-order valence-electron chi connectivity index (χ2n) is 7.16. The Morgan fingerprint density at radius 1 is 0.806 bits per heavy atom. The SMILES string of the molecule is COc1cc(C)ccc1OCC(=O)NCC(C)NC(=O)COc1ccc(C)cc1OC. The molecule has 0 aliphatic heterocycles. The third kappa shape index (κ3) is 7.73. The monoisotopic (exact) mass is 430 g/mol. The predicted octanol–water partition coefficient (Wildman–Crippen LogP) is 2.40. The van der Waals surface area contributed by atoms with Crippen molar-refractivity contribution >= 4 is 11.8 Å². The Morgan fingerprint density at radius 3 is 1.77 bits per heavy atom. The molecule has 2 aromatic rings. The molecule has 2 rings (SSSR count). The quantitative estimate of drug-likeness (QED) is 0.569. The van der Waals surface area contributed by atoms with Gasteiger partial charge in [0.25, 0.3) is 11.8 Å². The van der Waals surface area contributed by atoms with Crippen LogP contribution < -0.4 is 29.6 Å². The lowest BCUT2D eigenvalue weighted by Gasteiger charge is -2.16. The molecule has 1 atom stereocenters. The number of rotatable bonds is 11. The molecular formula is C23H30N2O6. The van der Waals surface area contributed by atoms with Crippen LogP contribution in [0.25, 0.3) is 0 Å². The first-order valence-corrected chi connectivity index (χ1v) is 9.93. The van der Waals surface area contributed by atoms with E-state index in [4.69, 9.17) is 18.9 Å². The maximum atomic E-state index is 12.1. The minimum atomic E-state index is -0.302. The van der Waals surface area contributed by atoms with E-state index in [9.17, 15) is 9.59 Å².